The Labute approximate surface area is 124 Å². The maximum Gasteiger partial charge on any atom is 0.224 e. The zero-order valence-electron chi connectivity index (χ0n) is 11.0. The molecule has 20 heavy (non-hydrogen) atoms. The molecule has 0 unspecified atom stereocenters. The molecular weight excluding hydrogens is 324 g/mol. The van der Waals surface area contributed by atoms with Gasteiger partial charge in [-0.05, 0) is 29.4 Å². The number of nitrogens with zero attached hydrogens (tertiary/aromatic N) is 4. The Morgan fingerprint density at radius 1 is 1.30 bits per heavy atom. The van der Waals surface area contributed by atoms with Crippen molar-refractivity contribution in [3.63, 3.8) is 0 Å². The number of nitroso groups, excluding NO2 is 1. The van der Waals surface area contributed by atoms with Gasteiger partial charge in [0, 0.05) is 24.3 Å². The van der Waals surface area contributed by atoms with Crippen molar-refractivity contribution >= 4 is 44.9 Å². The fourth-order valence-corrected chi connectivity index (χ4v) is 2.00. The van der Waals surface area contributed by atoms with Gasteiger partial charge in [-0.15, -0.1) is 4.91 Å². The molecule has 2 rings (SSSR count). The van der Waals surface area contributed by atoms with Crippen LogP contribution in [0.1, 0.15) is 0 Å². The van der Waals surface area contributed by atoms with Crippen molar-refractivity contribution in [2.24, 2.45) is 5.18 Å². The van der Waals surface area contributed by atoms with Gasteiger partial charge in [0.05, 0.1) is 0 Å². The number of halogens is 1. The molecule has 0 aliphatic carbocycles. The summed E-state index contributed by atoms with van der Waals surface area (Å²) in [6.45, 7) is 0. The van der Waals surface area contributed by atoms with Crippen LogP contribution in [0, 0.1) is 4.91 Å². The summed E-state index contributed by atoms with van der Waals surface area (Å²) in [5, 5.41) is 5.79. The van der Waals surface area contributed by atoms with E-state index in [0.29, 0.717) is 11.6 Å². The highest BCUT2D eigenvalue weighted by Crippen LogP contribution is 2.36. The minimum Gasteiger partial charge on any atom is -0.371 e. The Morgan fingerprint density at radius 2 is 1.95 bits per heavy atom. The van der Waals surface area contributed by atoms with E-state index in [1.165, 1.54) is 0 Å². The van der Waals surface area contributed by atoms with E-state index in [1.807, 2.05) is 24.3 Å². The van der Waals surface area contributed by atoms with E-state index in [9.17, 15) is 4.91 Å². The molecule has 1 heterocycles. The van der Waals surface area contributed by atoms with Gasteiger partial charge < -0.3 is 16.0 Å². The average Bonchev–Trinajstić information content (AvgIpc) is 2.46. The molecule has 0 bridgehead atoms. The molecule has 1 aromatic heterocycles. The molecule has 0 amide bonds. The van der Waals surface area contributed by atoms with Crippen LogP contribution < -0.4 is 16.0 Å². The third-order valence-electron chi connectivity index (χ3n) is 2.74. The van der Waals surface area contributed by atoms with Crippen molar-refractivity contribution < 1.29 is 0 Å². The van der Waals surface area contributed by atoms with E-state index in [0.717, 1.165) is 10.2 Å². The number of nitrogens with two attached hydrogens (primary N) is 1. The van der Waals surface area contributed by atoms with Gasteiger partial charge in [0.15, 0.2) is 17.3 Å². The lowest BCUT2D eigenvalue weighted by atomic mass is 10.3. The van der Waals surface area contributed by atoms with Gasteiger partial charge in [0.2, 0.25) is 5.95 Å². The largest absolute Gasteiger partial charge is 0.371 e. The fraction of sp³-hybridized carbons (Fsp3) is 0.167. The fourth-order valence-electron chi connectivity index (χ4n) is 1.74. The van der Waals surface area contributed by atoms with Crippen LogP contribution in [0.4, 0.5) is 29.0 Å². The van der Waals surface area contributed by atoms with Crippen LogP contribution in [-0.2, 0) is 0 Å². The van der Waals surface area contributed by atoms with Crippen LogP contribution in [0.15, 0.2) is 33.9 Å². The SMILES string of the molecule is CNc1nc(N)nc(N(C)c2ccc(Br)cc2)c1N=O. The zero-order chi connectivity index (χ0) is 14.7. The van der Waals surface area contributed by atoms with E-state index in [2.05, 4.69) is 36.4 Å². The van der Waals surface area contributed by atoms with Gasteiger partial charge >= 0.3 is 0 Å². The first-order valence-corrected chi connectivity index (χ1v) is 6.54. The second-order valence-corrected chi connectivity index (χ2v) is 4.90. The normalized spacial score (nSPS) is 10.2. The molecule has 0 saturated carbocycles. The summed E-state index contributed by atoms with van der Waals surface area (Å²) in [5.74, 6) is 0.714. The van der Waals surface area contributed by atoms with E-state index in [4.69, 9.17) is 5.73 Å². The summed E-state index contributed by atoms with van der Waals surface area (Å²) in [6, 6.07) is 7.55. The van der Waals surface area contributed by atoms with E-state index >= 15 is 0 Å². The lowest BCUT2D eigenvalue weighted by Crippen LogP contribution is -2.14. The lowest BCUT2D eigenvalue weighted by molar-refractivity contribution is 1.08. The monoisotopic (exact) mass is 336 g/mol. The molecule has 0 fully saturated rings. The van der Waals surface area contributed by atoms with Crippen molar-refractivity contribution in [3.05, 3.63) is 33.6 Å². The molecule has 1 aromatic carbocycles. The van der Waals surface area contributed by atoms with Gasteiger partial charge in [-0.1, -0.05) is 15.9 Å². The Morgan fingerprint density at radius 3 is 2.50 bits per heavy atom. The van der Waals surface area contributed by atoms with Crippen LogP contribution in [0.2, 0.25) is 0 Å². The van der Waals surface area contributed by atoms with Crippen LogP contribution >= 0.6 is 15.9 Å². The maximum atomic E-state index is 11.1. The van der Waals surface area contributed by atoms with Crippen molar-refractivity contribution in [1.29, 1.82) is 0 Å². The number of hydrogen-bond acceptors (Lipinski definition) is 7. The Balaban J connectivity index is 2.53. The average molecular weight is 337 g/mol. The molecule has 0 atom stereocenters. The molecule has 0 radical (unpaired) electrons. The second-order valence-electron chi connectivity index (χ2n) is 3.98. The number of nitrogens with one attached hydrogen (secondary N) is 1. The predicted molar refractivity (Wildman–Crippen MR) is 83.7 cm³/mol. The maximum absolute atomic E-state index is 11.1. The number of rotatable bonds is 4. The van der Waals surface area contributed by atoms with Crippen molar-refractivity contribution in [2.75, 3.05) is 30.0 Å². The predicted octanol–water partition coefficient (Wildman–Crippen LogP) is 3.03. The first kappa shape index (κ1) is 14.2. The van der Waals surface area contributed by atoms with Crippen LogP contribution in [-0.4, -0.2) is 24.1 Å². The van der Waals surface area contributed by atoms with Crippen molar-refractivity contribution in [3.8, 4) is 0 Å². The molecular formula is C12H13BrN6O. The number of anilines is 4. The molecule has 0 aliphatic rings. The summed E-state index contributed by atoms with van der Waals surface area (Å²) < 4.78 is 0.960. The summed E-state index contributed by atoms with van der Waals surface area (Å²) >= 11 is 3.37. The minimum absolute atomic E-state index is 0.0701. The van der Waals surface area contributed by atoms with E-state index in [-0.39, 0.29) is 11.6 Å². The van der Waals surface area contributed by atoms with Crippen LogP contribution in [0.3, 0.4) is 0 Å². The zero-order valence-corrected chi connectivity index (χ0v) is 12.5. The molecule has 3 N–H and O–H groups in total. The first-order chi connectivity index (χ1) is 9.56. The molecule has 2 aromatic rings. The quantitative estimate of drug-likeness (QED) is 0.833. The summed E-state index contributed by atoms with van der Waals surface area (Å²) in [5.41, 5.74) is 6.62. The summed E-state index contributed by atoms with van der Waals surface area (Å²) in [6.07, 6.45) is 0. The topological polar surface area (TPSA) is 96.5 Å². The Bertz CT molecular complexity index is 631. The third kappa shape index (κ3) is 2.69. The van der Waals surface area contributed by atoms with Crippen LogP contribution in [0.25, 0.3) is 0 Å². The van der Waals surface area contributed by atoms with Crippen molar-refractivity contribution in [2.45, 2.75) is 0 Å². The number of nitrogen functional groups attached to an aromatic ring is 1. The highest BCUT2D eigenvalue weighted by Gasteiger charge is 2.18. The lowest BCUT2D eigenvalue weighted by Gasteiger charge is -2.20. The molecule has 0 spiro atoms. The van der Waals surface area contributed by atoms with Gasteiger partial charge in [-0.2, -0.15) is 9.97 Å². The molecule has 7 nitrogen and oxygen atoms in total. The van der Waals surface area contributed by atoms with Gasteiger partial charge in [0.1, 0.15) is 0 Å². The van der Waals surface area contributed by atoms with E-state index < -0.39 is 0 Å². The van der Waals surface area contributed by atoms with Crippen LogP contribution in [0.5, 0.6) is 0 Å². The van der Waals surface area contributed by atoms with E-state index in [1.54, 1.807) is 19.0 Å². The number of hydrogen-bond donors (Lipinski definition) is 2. The molecule has 8 heteroatoms. The Kier molecular flexibility index (Phi) is 4.14. The van der Waals surface area contributed by atoms with Gasteiger partial charge in [0.25, 0.3) is 0 Å². The number of aromatic nitrogens is 2. The number of benzene rings is 1. The minimum atomic E-state index is 0.0701. The summed E-state index contributed by atoms with van der Waals surface area (Å²) in [7, 11) is 3.42. The summed E-state index contributed by atoms with van der Waals surface area (Å²) in [4.78, 5) is 20.8. The molecule has 0 aliphatic heterocycles. The van der Waals surface area contributed by atoms with Gasteiger partial charge in [-0.25, -0.2) is 0 Å². The highest BCUT2D eigenvalue weighted by atomic mass is 79.9. The smallest absolute Gasteiger partial charge is 0.224 e. The molecule has 0 saturated heterocycles. The highest BCUT2D eigenvalue weighted by molar-refractivity contribution is 9.10. The third-order valence-corrected chi connectivity index (χ3v) is 3.27. The first-order valence-electron chi connectivity index (χ1n) is 5.74. The Hall–Kier alpha value is -2.22. The molecule has 104 valence electrons. The van der Waals surface area contributed by atoms with Crippen molar-refractivity contribution in [1.82, 2.24) is 9.97 Å². The second kappa shape index (κ2) is 5.83. The standard InChI is InChI=1S/C12H13BrN6O/c1-15-10-9(18-20)11(17-12(14)16-10)19(2)8-5-3-7(13)4-6-8/h3-6H,1-2H3,(H3,14,15,16,17). The van der Waals surface area contributed by atoms with Gasteiger partial charge in [-0.3, -0.25) is 0 Å².